The molecule has 1 aromatic carbocycles. The summed E-state index contributed by atoms with van der Waals surface area (Å²) in [5.41, 5.74) is 5.84. The number of nitrogen functional groups attached to an aromatic ring is 1. The van der Waals surface area contributed by atoms with E-state index in [2.05, 4.69) is 0 Å². The molecular formula is C23H28N4O6. The average Bonchev–Trinajstić information content (AvgIpc) is 3.15. The van der Waals surface area contributed by atoms with Gasteiger partial charge in [-0.1, -0.05) is 31.5 Å². The van der Waals surface area contributed by atoms with E-state index in [1.807, 2.05) is 32.9 Å². The molecule has 176 valence electrons. The van der Waals surface area contributed by atoms with Gasteiger partial charge in [-0.05, 0) is 25.0 Å². The molecule has 2 N–H and O–H groups in total. The molecule has 0 spiro atoms. The topological polar surface area (TPSA) is 134 Å². The Morgan fingerprint density at radius 2 is 1.79 bits per heavy atom. The molecule has 0 bridgehead atoms. The van der Waals surface area contributed by atoms with Gasteiger partial charge >= 0.3 is 11.7 Å². The van der Waals surface area contributed by atoms with Crippen molar-refractivity contribution >= 4 is 29.2 Å². The van der Waals surface area contributed by atoms with Gasteiger partial charge in [0.2, 0.25) is 11.7 Å². The highest BCUT2D eigenvalue weighted by Crippen LogP contribution is 2.26. The summed E-state index contributed by atoms with van der Waals surface area (Å²) in [4.78, 5) is 64.0. The molecule has 3 rings (SSSR count). The van der Waals surface area contributed by atoms with Gasteiger partial charge in [-0.2, -0.15) is 0 Å². The number of rotatable bonds is 7. The lowest BCUT2D eigenvalue weighted by Gasteiger charge is -2.17. The largest absolute Gasteiger partial charge is 0.457 e. The zero-order valence-electron chi connectivity index (χ0n) is 19.2. The number of amides is 1. The highest BCUT2D eigenvalue weighted by molar-refractivity contribution is 6.02. The molecule has 10 nitrogen and oxygen atoms in total. The third-order valence-electron chi connectivity index (χ3n) is 5.56. The van der Waals surface area contributed by atoms with Crippen molar-refractivity contribution in [1.82, 2.24) is 9.13 Å². The molecule has 0 unspecified atom stereocenters. The Kier molecular flexibility index (Phi) is 6.85. The van der Waals surface area contributed by atoms with E-state index in [0.29, 0.717) is 5.69 Å². The van der Waals surface area contributed by atoms with Crippen LogP contribution in [0.25, 0.3) is 0 Å². The van der Waals surface area contributed by atoms with Crippen LogP contribution < -0.4 is 21.9 Å². The van der Waals surface area contributed by atoms with Gasteiger partial charge in [0.15, 0.2) is 6.61 Å². The van der Waals surface area contributed by atoms with Gasteiger partial charge in [0.1, 0.15) is 11.4 Å². The predicted octanol–water partition coefficient (Wildman–Crippen LogP) is 0.873. The molecule has 2 heterocycles. The summed E-state index contributed by atoms with van der Waals surface area (Å²) in [7, 11) is 1.26. The minimum atomic E-state index is -0.847. The first kappa shape index (κ1) is 24.0. The molecule has 1 amide bonds. The van der Waals surface area contributed by atoms with Crippen LogP contribution in [0.3, 0.4) is 0 Å². The van der Waals surface area contributed by atoms with Crippen molar-refractivity contribution in [3.05, 3.63) is 56.2 Å². The summed E-state index contributed by atoms with van der Waals surface area (Å²) in [5.74, 6) is -2.68. The number of nitrogens with zero attached hydrogens (tertiary/aromatic N) is 3. The Labute approximate surface area is 190 Å². The molecule has 1 aliphatic rings. The number of esters is 1. The molecule has 10 heteroatoms. The Morgan fingerprint density at radius 1 is 1.15 bits per heavy atom. The number of nitrogens with two attached hydrogens (primary N) is 1. The highest BCUT2D eigenvalue weighted by atomic mass is 16.5. The number of carbonyl (C=O) groups excluding carboxylic acids is 3. The average molecular weight is 456 g/mol. The molecule has 1 atom stereocenters. The van der Waals surface area contributed by atoms with Gasteiger partial charge in [0.05, 0.1) is 5.92 Å². The van der Waals surface area contributed by atoms with Crippen molar-refractivity contribution in [2.45, 2.75) is 33.7 Å². The number of hydrogen-bond acceptors (Lipinski definition) is 7. The third kappa shape index (κ3) is 4.89. The van der Waals surface area contributed by atoms with Crippen LogP contribution in [0.4, 0.5) is 11.5 Å². The van der Waals surface area contributed by atoms with Gasteiger partial charge in [-0.25, -0.2) is 4.79 Å². The van der Waals surface area contributed by atoms with E-state index in [1.165, 1.54) is 11.9 Å². The lowest BCUT2D eigenvalue weighted by molar-refractivity contribution is -0.147. The fraction of sp³-hybridized carbons (Fsp3) is 0.435. The van der Waals surface area contributed by atoms with Gasteiger partial charge in [-0.15, -0.1) is 0 Å². The minimum absolute atomic E-state index is 0.0376. The molecule has 1 saturated heterocycles. The normalized spacial score (nSPS) is 15.8. The SMILES string of the molecule is Cc1ccc(N2C[C@@H](C(=O)OCC(=O)c3c(N)n(CC(C)C)c(=O)n(C)c3=O)CC2=O)cc1. The summed E-state index contributed by atoms with van der Waals surface area (Å²) in [6.07, 6.45) is -0.0376. The molecule has 2 aromatic rings. The second kappa shape index (κ2) is 9.43. The molecule has 1 aromatic heterocycles. The standard InChI is InChI=1S/C23H28N4O6/c1-13(2)10-27-20(24)19(21(30)25(4)23(27)32)17(28)12-33-22(31)15-9-18(29)26(11-15)16-7-5-14(3)6-8-16/h5-8,13,15H,9-12,24H2,1-4H3/t15-/m0/s1. The van der Waals surface area contributed by atoms with Crippen molar-refractivity contribution < 1.29 is 19.1 Å². The van der Waals surface area contributed by atoms with E-state index >= 15 is 0 Å². The zero-order chi connectivity index (χ0) is 24.4. The number of hydrogen-bond donors (Lipinski definition) is 1. The number of ether oxygens (including phenoxy) is 1. The number of ketones is 1. The van der Waals surface area contributed by atoms with Crippen LogP contribution in [0.2, 0.25) is 0 Å². The second-order valence-corrected chi connectivity index (χ2v) is 8.68. The minimum Gasteiger partial charge on any atom is -0.457 e. The first-order valence-corrected chi connectivity index (χ1v) is 10.7. The van der Waals surface area contributed by atoms with Crippen LogP contribution in [0.5, 0.6) is 0 Å². The Hall–Kier alpha value is -3.69. The molecule has 33 heavy (non-hydrogen) atoms. The maximum Gasteiger partial charge on any atom is 0.332 e. The van der Waals surface area contributed by atoms with Crippen molar-refractivity contribution in [2.75, 3.05) is 23.8 Å². The van der Waals surface area contributed by atoms with Crippen molar-refractivity contribution in [1.29, 1.82) is 0 Å². The van der Waals surface area contributed by atoms with Crippen LogP contribution in [-0.4, -0.2) is 39.9 Å². The second-order valence-electron chi connectivity index (χ2n) is 8.68. The summed E-state index contributed by atoms with van der Waals surface area (Å²) in [6.45, 7) is 5.30. The number of aromatic nitrogens is 2. The van der Waals surface area contributed by atoms with Crippen LogP contribution >= 0.6 is 0 Å². The van der Waals surface area contributed by atoms with Gasteiger partial charge < -0.3 is 15.4 Å². The van der Waals surface area contributed by atoms with E-state index in [9.17, 15) is 24.0 Å². The maximum absolute atomic E-state index is 12.7. The van der Waals surface area contributed by atoms with E-state index in [1.54, 1.807) is 12.1 Å². The quantitative estimate of drug-likeness (QED) is 0.483. The molecule has 1 fully saturated rings. The van der Waals surface area contributed by atoms with Crippen LogP contribution in [0.1, 0.15) is 36.2 Å². The number of carbonyl (C=O) groups is 3. The van der Waals surface area contributed by atoms with Gasteiger partial charge in [-0.3, -0.25) is 28.3 Å². The van der Waals surface area contributed by atoms with Gasteiger partial charge in [0, 0.05) is 32.2 Å². The molecule has 0 aliphatic carbocycles. The monoisotopic (exact) mass is 456 g/mol. The summed E-state index contributed by atoms with van der Waals surface area (Å²) >= 11 is 0. The van der Waals surface area contributed by atoms with E-state index in [0.717, 1.165) is 14.7 Å². The molecule has 1 aliphatic heterocycles. The Morgan fingerprint density at radius 3 is 2.39 bits per heavy atom. The molecule has 0 saturated carbocycles. The number of anilines is 2. The fourth-order valence-corrected chi connectivity index (χ4v) is 3.75. The van der Waals surface area contributed by atoms with Crippen LogP contribution in [0.15, 0.2) is 33.9 Å². The number of Topliss-reactive ketones (excluding diaryl/α,β-unsaturated/α-hetero) is 1. The van der Waals surface area contributed by atoms with E-state index in [4.69, 9.17) is 10.5 Å². The molecule has 0 radical (unpaired) electrons. The smallest absolute Gasteiger partial charge is 0.332 e. The lowest BCUT2D eigenvalue weighted by atomic mass is 10.1. The zero-order valence-corrected chi connectivity index (χ0v) is 19.2. The van der Waals surface area contributed by atoms with Crippen molar-refractivity contribution in [2.24, 2.45) is 18.9 Å². The maximum atomic E-state index is 12.7. The first-order valence-electron chi connectivity index (χ1n) is 10.7. The van der Waals surface area contributed by atoms with Crippen LogP contribution in [0, 0.1) is 18.8 Å². The lowest BCUT2D eigenvalue weighted by Crippen LogP contribution is -2.43. The third-order valence-corrected chi connectivity index (χ3v) is 5.56. The van der Waals surface area contributed by atoms with E-state index in [-0.39, 0.29) is 37.2 Å². The summed E-state index contributed by atoms with van der Waals surface area (Å²) < 4.78 is 7.11. The predicted molar refractivity (Wildman–Crippen MR) is 122 cm³/mol. The highest BCUT2D eigenvalue weighted by Gasteiger charge is 2.36. The van der Waals surface area contributed by atoms with Crippen LogP contribution in [-0.2, 0) is 27.9 Å². The number of aryl methyl sites for hydroxylation is 1. The first-order chi connectivity index (χ1) is 15.5. The van der Waals surface area contributed by atoms with E-state index < -0.39 is 41.1 Å². The molecular weight excluding hydrogens is 428 g/mol. The Bertz CT molecular complexity index is 1210. The number of benzene rings is 1. The Balaban J connectivity index is 1.72. The summed E-state index contributed by atoms with van der Waals surface area (Å²) in [5, 5.41) is 0. The van der Waals surface area contributed by atoms with Crippen molar-refractivity contribution in [3.8, 4) is 0 Å². The van der Waals surface area contributed by atoms with Crippen molar-refractivity contribution in [3.63, 3.8) is 0 Å². The van der Waals surface area contributed by atoms with Gasteiger partial charge in [0.25, 0.3) is 5.56 Å². The fourth-order valence-electron chi connectivity index (χ4n) is 3.75. The summed E-state index contributed by atoms with van der Waals surface area (Å²) in [6, 6.07) is 7.34.